The molecule has 1 atom stereocenters. The molecule has 0 aromatic carbocycles. The zero-order chi connectivity index (χ0) is 9.23. The first kappa shape index (κ1) is 11.5. The maximum Gasteiger partial charge on any atom is -0.0227 e. The zero-order valence-electron chi connectivity index (χ0n) is 8.55. The van der Waals surface area contributed by atoms with Crippen molar-refractivity contribution in [1.29, 1.82) is 0 Å². The van der Waals surface area contributed by atoms with Gasteiger partial charge in [0.1, 0.15) is 0 Å². The second kappa shape index (κ2) is 8.58. The smallest absolute Gasteiger partial charge is 0.0227 e. The molecule has 0 amide bonds. The zero-order valence-corrected chi connectivity index (χ0v) is 8.55. The van der Waals surface area contributed by atoms with Crippen LogP contribution in [0.4, 0.5) is 0 Å². The molecule has 0 radical (unpaired) electrons. The van der Waals surface area contributed by atoms with Gasteiger partial charge in [0.15, 0.2) is 0 Å². The Balaban J connectivity index is 3.28. The summed E-state index contributed by atoms with van der Waals surface area (Å²) in [4.78, 5) is 0. The average molecular weight is 166 g/mol. The third-order valence-corrected chi connectivity index (χ3v) is 1.98. The van der Waals surface area contributed by atoms with E-state index in [0.717, 1.165) is 6.42 Å². The highest BCUT2D eigenvalue weighted by Gasteiger charge is 1.90. The van der Waals surface area contributed by atoms with Crippen LogP contribution in [-0.2, 0) is 0 Å². The summed E-state index contributed by atoms with van der Waals surface area (Å²) in [5, 5.41) is 0. The molecule has 1 unspecified atom stereocenters. The van der Waals surface area contributed by atoms with E-state index in [1.807, 2.05) is 6.08 Å². The van der Waals surface area contributed by atoms with Crippen LogP contribution in [0, 0.1) is 5.92 Å². The van der Waals surface area contributed by atoms with Crippen molar-refractivity contribution in [2.24, 2.45) is 5.92 Å². The lowest BCUT2D eigenvalue weighted by atomic mass is 10.1. The summed E-state index contributed by atoms with van der Waals surface area (Å²) in [6, 6.07) is 0. The predicted molar refractivity (Wildman–Crippen MR) is 57.3 cm³/mol. The minimum absolute atomic E-state index is 0.670. The summed E-state index contributed by atoms with van der Waals surface area (Å²) in [6.07, 6.45) is 13.0. The van der Waals surface area contributed by atoms with Crippen LogP contribution in [0.25, 0.3) is 0 Å². The number of hydrogen-bond acceptors (Lipinski definition) is 0. The molecule has 0 nitrogen and oxygen atoms in total. The van der Waals surface area contributed by atoms with Gasteiger partial charge in [0.05, 0.1) is 0 Å². The minimum atomic E-state index is 0.670. The van der Waals surface area contributed by atoms with Crippen molar-refractivity contribution in [2.45, 2.75) is 46.0 Å². The second-order valence-corrected chi connectivity index (χ2v) is 3.43. The van der Waals surface area contributed by atoms with E-state index in [1.165, 1.54) is 25.7 Å². The Hall–Kier alpha value is -0.520. The summed E-state index contributed by atoms with van der Waals surface area (Å²) < 4.78 is 0. The minimum Gasteiger partial charge on any atom is -0.103 e. The molecule has 0 aliphatic carbocycles. The molecule has 0 spiro atoms. The molecule has 0 aliphatic rings. The Bertz CT molecular complexity index is 122. The first-order valence-electron chi connectivity index (χ1n) is 5.08. The van der Waals surface area contributed by atoms with Gasteiger partial charge in [-0.2, -0.15) is 0 Å². The maximum atomic E-state index is 3.72. The largest absolute Gasteiger partial charge is 0.103 e. The first-order valence-corrected chi connectivity index (χ1v) is 5.08. The topological polar surface area (TPSA) is 0 Å². The molecular formula is C12H22. The summed E-state index contributed by atoms with van der Waals surface area (Å²) in [5.74, 6) is 0.670. The quantitative estimate of drug-likeness (QED) is 0.390. The SMILES string of the molecule is C=CCC(C)C=CCCCCC. The monoisotopic (exact) mass is 166 g/mol. The molecule has 0 N–H and O–H groups in total. The van der Waals surface area contributed by atoms with Crippen LogP contribution in [0.1, 0.15) is 46.0 Å². The van der Waals surface area contributed by atoms with Gasteiger partial charge in [-0.25, -0.2) is 0 Å². The highest BCUT2D eigenvalue weighted by molar-refractivity contribution is 4.89. The Labute approximate surface area is 77.4 Å². The van der Waals surface area contributed by atoms with Gasteiger partial charge in [0.2, 0.25) is 0 Å². The molecule has 0 rings (SSSR count). The lowest BCUT2D eigenvalue weighted by molar-refractivity contribution is 0.711. The molecule has 0 aromatic rings. The number of allylic oxidation sites excluding steroid dienone is 3. The third kappa shape index (κ3) is 7.59. The summed E-state index contributed by atoms with van der Waals surface area (Å²) in [7, 11) is 0. The van der Waals surface area contributed by atoms with Crippen molar-refractivity contribution in [3.63, 3.8) is 0 Å². The van der Waals surface area contributed by atoms with Crippen molar-refractivity contribution in [2.75, 3.05) is 0 Å². The van der Waals surface area contributed by atoms with Gasteiger partial charge in [-0.15, -0.1) is 6.58 Å². The summed E-state index contributed by atoms with van der Waals surface area (Å²) in [5.41, 5.74) is 0. The van der Waals surface area contributed by atoms with E-state index in [1.54, 1.807) is 0 Å². The Morgan fingerprint density at radius 2 is 2.08 bits per heavy atom. The summed E-state index contributed by atoms with van der Waals surface area (Å²) >= 11 is 0. The van der Waals surface area contributed by atoms with Gasteiger partial charge < -0.3 is 0 Å². The van der Waals surface area contributed by atoms with E-state index in [2.05, 4.69) is 32.6 Å². The van der Waals surface area contributed by atoms with Gasteiger partial charge in [0, 0.05) is 0 Å². The van der Waals surface area contributed by atoms with Gasteiger partial charge in [-0.05, 0) is 25.2 Å². The van der Waals surface area contributed by atoms with Crippen LogP contribution in [0.5, 0.6) is 0 Å². The van der Waals surface area contributed by atoms with Crippen LogP contribution < -0.4 is 0 Å². The molecule has 0 aromatic heterocycles. The molecule has 0 heteroatoms. The molecule has 0 heterocycles. The Morgan fingerprint density at radius 1 is 1.33 bits per heavy atom. The molecule has 0 saturated heterocycles. The van der Waals surface area contributed by atoms with E-state index in [9.17, 15) is 0 Å². The summed E-state index contributed by atoms with van der Waals surface area (Å²) in [6.45, 7) is 8.20. The standard InChI is InChI=1S/C12H22/c1-4-6-7-8-9-11-12(3)10-5-2/h5,9,11-12H,2,4,6-8,10H2,1,3H3. The fourth-order valence-electron chi connectivity index (χ4n) is 1.18. The molecule has 0 fully saturated rings. The van der Waals surface area contributed by atoms with E-state index >= 15 is 0 Å². The number of unbranched alkanes of at least 4 members (excludes halogenated alkanes) is 3. The van der Waals surface area contributed by atoms with Crippen molar-refractivity contribution in [3.8, 4) is 0 Å². The van der Waals surface area contributed by atoms with Gasteiger partial charge in [0.25, 0.3) is 0 Å². The number of hydrogen-bond donors (Lipinski definition) is 0. The van der Waals surface area contributed by atoms with E-state index in [4.69, 9.17) is 0 Å². The fraction of sp³-hybridized carbons (Fsp3) is 0.667. The van der Waals surface area contributed by atoms with Crippen molar-refractivity contribution >= 4 is 0 Å². The Morgan fingerprint density at radius 3 is 2.67 bits per heavy atom. The lowest BCUT2D eigenvalue weighted by Crippen LogP contribution is -1.84. The van der Waals surface area contributed by atoms with Crippen LogP contribution in [0.2, 0.25) is 0 Å². The van der Waals surface area contributed by atoms with Crippen molar-refractivity contribution < 1.29 is 0 Å². The molecule has 70 valence electrons. The van der Waals surface area contributed by atoms with E-state index in [-0.39, 0.29) is 0 Å². The first-order chi connectivity index (χ1) is 5.81. The predicted octanol–water partition coefficient (Wildman–Crippen LogP) is 4.34. The molecule has 0 saturated carbocycles. The van der Waals surface area contributed by atoms with Crippen molar-refractivity contribution in [1.82, 2.24) is 0 Å². The highest BCUT2D eigenvalue weighted by atomic mass is 14.0. The van der Waals surface area contributed by atoms with Crippen LogP contribution >= 0.6 is 0 Å². The van der Waals surface area contributed by atoms with E-state index in [0.29, 0.717) is 5.92 Å². The normalized spacial score (nSPS) is 13.5. The van der Waals surface area contributed by atoms with Crippen LogP contribution in [-0.4, -0.2) is 0 Å². The molecule has 0 aliphatic heterocycles. The lowest BCUT2D eigenvalue weighted by Gasteiger charge is -1.99. The Kier molecular flexibility index (Phi) is 8.20. The molecule has 0 bridgehead atoms. The van der Waals surface area contributed by atoms with Gasteiger partial charge >= 0.3 is 0 Å². The van der Waals surface area contributed by atoms with Gasteiger partial charge in [-0.3, -0.25) is 0 Å². The third-order valence-electron chi connectivity index (χ3n) is 1.98. The highest BCUT2D eigenvalue weighted by Crippen LogP contribution is 2.06. The van der Waals surface area contributed by atoms with Crippen LogP contribution in [0.15, 0.2) is 24.8 Å². The molecule has 12 heavy (non-hydrogen) atoms. The van der Waals surface area contributed by atoms with Crippen molar-refractivity contribution in [3.05, 3.63) is 24.8 Å². The van der Waals surface area contributed by atoms with Crippen LogP contribution in [0.3, 0.4) is 0 Å². The number of rotatable bonds is 7. The fourth-order valence-corrected chi connectivity index (χ4v) is 1.18. The second-order valence-electron chi connectivity index (χ2n) is 3.43. The molecular weight excluding hydrogens is 144 g/mol. The van der Waals surface area contributed by atoms with Gasteiger partial charge in [-0.1, -0.05) is 44.9 Å². The maximum absolute atomic E-state index is 3.72. The average Bonchev–Trinajstić information content (AvgIpc) is 2.05. The van der Waals surface area contributed by atoms with E-state index < -0.39 is 0 Å².